The van der Waals surface area contributed by atoms with Crippen LogP contribution in [0, 0.1) is 5.41 Å². The maximum atomic E-state index is 11.1. The Hall–Kier alpha value is -1.11. The first kappa shape index (κ1) is 12.0. The Morgan fingerprint density at radius 2 is 1.67 bits per heavy atom. The molecular weight excluding hydrogens is 184 g/mol. The van der Waals surface area contributed by atoms with Crippen molar-refractivity contribution < 1.29 is 4.79 Å². The molecule has 0 amide bonds. The van der Waals surface area contributed by atoms with Crippen LogP contribution in [0.25, 0.3) is 0 Å². The topological polar surface area (TPSA) is 17.1 Å². The van der Waals surface area contributed by atoms with Crippen molar-refractivity contribution >= 4 is 5.78 Å². The van der Waals surface area contributed by atoms with Crippen LogP contribution in [-0.4, -0.2) is 5.78 Å². The minimum absolute atomic E-state index is 0.136. The number of carbonyl (C=O) groups is 1. The number of carbonyl (C=O) groups excluding carboxylic acids is 1. The van der Waals surface area contributed by atoms with E-state index in [1.807, 2.05) is 12.1 Å². The number of aryl methyl sites for hydroxylation is 1. The molecule has 0 aliphatic rings. The quantitative estimate of drug-likeness (QED) is 0.683. The Kier molecular flexibility index (Phi) is 3.67. The summed E-state index contributed by atoms with van der Waals surface area (Å²) >= 11 is 0. The minimum Gasteiger partial charge on any atom is -0.295 e. The Balaban J connectivity index is 2.61. The van der Waals surface area contributed by atoms with E-state index in [4.69, 9.17) is 0 Å². The summed E-state index contributed by atoms with van der Waals surface area (Å²) in [5.74, 6) is 0.136. The smallest absolute Gasteiger partial charge is 0.159 e. The predicted octanol–water partition coefficient (Wildman–Crippen LogP) is 3.87. The molecule has 1 heteroatoms. The summed E-state index contributed by atoms with van der Waals surface area (Å²) in [6.45, 7) is 8.34. The zero-order valence-electron chi connectivity index (χ0n) is 10.1. The lowest BCUT2D eigenvalue weighted by molar-refractivity contribution is 0.101. The SMILES string of the molecule is CC(=O)c1ccc(CCC(C)(C)C)cc1. The van der Waals surface area contributed by atoms with E-state index in [1.54, 1.807) is 6.92 Å². The zero-order valence-corrected chi connectivity index (χ0v) is 10.1. The van der Waals surface area contributed by atoms with Gasteiger partial charge in [-0.15, -0.1) is 0 Å². The van der Waals surface area contributed by atoms with Crippen molar-refractivity contribution in [3.63, 3.8) is 0 Å². The molecule has 0 aromatic heterocycles. The summed E-state index contributed by atoms with van der Waals surface area (Å²) < 4.78 is 0. The molecule has 15 heavy (non-hydrogen) atoms. The van der Waals surface area contributed by atoms with Crippen LogP contribution < -0.4 is 0 Å². The fraction of sp³-hybridized carbons (Fsp3) is 0.500. The molecule has 0 aliphatic carbocycles. The Morgan fingerprint density at radius 3 is 2.07 bits per heavy atom. The third-order valence-electron chi connectivity index (χ3n) is 2.52. The first-order chi connectivity index (χ1) is 6.88. The zero-order chi connectivity index (χ0) is 11.5. The molecule has 0 bridgehead atoms. The molecule has 0 aliphatic heterocycles. The number of Topliss-reactive ketones (excluding diaryl/α,β-unsaturated/α-hetero) is 1. The van der Waals surface area contributed by atoms with Crippen molar-refractivity contribution in [3.8, 4) is 0 Å². The molecule has 1 rings (SSSR count). The average Bonchev–Trinajstić information content (AvgIpc) is 2.14. The number of ketones is 1. The van der Waals surface area contributed by atoms with Crippen molar-refractivity contribution in [2.45, 2.75) is 40.5 Å². The molecule has 0 spiro atoms. The summed E-state index contributed by atoms with van der Waals surface area (Å²) in [7, 11) is 0. The van der Waals surface area contributed by atoms with Gasteiger partial charge in [-0.1, -0.05) is 45.0 Å². The predicted molar refractivity (Wildman–Crippen MR) is 64.2 cm³/mol. The van der Waals surface area contributed by atoms with Gasteiger partial charge in [0, 0.05) is 5.56 Å². The number of rotatable bonds is 3. The second kappa shape index (κ2) is 4.61. The summed E-state index contributed by atoms with van der Waals surface area (Å²) in [5, 5.41) is 0. The highest BCUT2D eigenvalue weighted by molar-refractivity contribution is 5.93. The maximum Gasteiger partial charge on any atom is 0.159 e. The van der Waals surface area contributed by atoms with Crippen molar-refractivity contribution in [2.24, 2.45) is 5.41 Å². The molecule has 0 saturated carbocycles. The molecule has 1 nitrogen and oxygen atoms in total. The largest absolute Gasteiger partial charge is 0.295 e. The van der Waals surface area contributed by atoms with E-state index >= 15 is 0 Å². The van der Waals surface area contributed by atoms with Gasteiger partial charge in [0.2, 0.25) is 0 Å². The second-order valence-electron chi connectivity index (χ2n) is 5.31. The molecule has 1 aromatic rings. The van der Waals surface area contributed by atoms with Gasteiger partial charge in [0.05, 0.1) is 0 Å². The van der Waals surface area contributed by atoms with E-state index in [2.05, 4.69) is 32.9 Å². The summed E-state index contributed by atoms with van der Waals surface area (Å²) in [5.41, 5.74) is 2.49. The molecule has 0 N–H and O–H groups in total. The highest BCUT2D eigenvalue weighted by Crippen LogP contribution is 2.21. The van der Waals surface area contributed by atoms with Crippen LogP contribution in [0.2, 0.25) is 0 Å². The average molecular weight is 204 g/mol. The third kappa shape index (κ3) is 4.28. The lowest BCUT2D eigenvalue weighted by atomic mass is 9.88. The minimum atomic E-state index is 0.136. The lowest BCUT2D eigenvalue weighted by Crippen LogP contribution is -2.06. The van der Waals surface area contributed by atoms with Crippen molar-refractivity contribution in [1.29, 1.82) is 0 Å². The van der Waals surface area contributed by atoms with Gasteiger partial charge in [-0.3, -0.25) is 4.79 Å². The van der Waals surface area contributed by atoms with Crippen LogP contribution in [0.15, 0.2) is 24.3 Å². The lowest BCUT2D eigenvalue weighted by Gasteiger charge is -2.17. The Bertz CT molecular complexity index is 327. The number of hydrogen-bond acceptors (Lipinski definition) is 1. The number of benzene rings is 1. The molecule has 0 radical (unpaired) electrons. The van der Waals surface area contributed by atoms with Gasteiger partial charge in [-0.25, -0.2) is 0 Å². The summed E-state index contributed by atoms with van der Waals surface area (Å²) in [4.78, 5) is 11.1. The summed E-state index contributed by atoms with van der Waals surface area (Å²) in [6.07, 6.45) is 2.26. The van der Waals surface area contributed by atoms with E-state index in [0.29, 0.717) is 5.41 Å². The van der Waals surface area contributed by atoms with Gasteiger partial charge < -0.3 is 0 Å². The molecule has 82 valence electrons. The molecule has 0 fully saturated rings. The van der Waals surface area contributed by atoms with Crippen LogP contribution >= 0.6 is 0 Å². The van der Waals surface area contributed by atoms with E-state index < -0.39 is 0 Å². The third-order valence-corrected chi connectivity index (χ3v) is 2.52. The fourth-order valence-electron chi connectivity index (χ4n) is 1.43. The second-order valence-corrected chi connectivity index (χ2v) is 5.31. The maximum absolute atomic E-state index is 11.1. The Morgan fingerprint density at radius 1 is 1.13 bits per heavy atom. The first-order valence-corrected chi connectivity index (χ1v) is 5.48. The van der Waals surface area contributed by atoms with Crippen LogP contribution in [0.5, 0.6) is 0 Å². The fourth-order valence-corrected chi connectivity index (χ4v) is 1.43. The van der Waals surface area contributed by atoms with Gasteiger partial charge in [-0.05, 0) is 30.7 Å². The van der Waals surface area contributed by atoms with Crippen LogP contribution in [0.3, 0.4) is 0 Å². The monoisotopic (exact) mass is 204 g/mol. The van der Waals surface area contributed by atoms with Gasteiger partial charge in [0.25, 0.3) is 0 Å². The highest BCUT2D eigenvalue weighted by Gasteiger charge is 2.09. The van der Waals surface area contributed by atoms with Gasteiger partial charge >= 0.3 is 0 Å². The van der Waals surface area contributed by atoms with Crippen molar-refractivity contribution in [1.82, 2.24) is 0 Å². The van der Waals surface area contributed by atoms with Gasteiger partial charge in [0.15, 0.2) is 5.78 Å². The van der Waals surface area contributed by atoms with E-state index in [9.17, 15) is 4.79 Å². The molecule has 0 unspecified atom stereocenters. The molecule has 1 aromatic carbocycles. The van der Waals surface area contributed by atoms with Crippen molar-refractivity contribution in [3.05, 3.63) is 35.4 Å². The van der Waals surface area contributed by atoms with Crippen molar-refractivity contribution in [2.75, 3.05) is 0 Å². The molecule has 0 heterocycles. The van der Waals surface area contributed by atoms with Gasteiger partial charge in [-0.2, -0.15) is 0 Å². The standard InChI is InChI=1S/C14H20O/c1-11(15)13-7-5-12(6-8-13)9-10-14(2,3)4/h5-8H,9-10H2,1-4H3. The molecule has 0 atom stereocenters. The molecular formula is C14H20O. The molecule has 0 saturated heterocycles. The normalized spacial score (nSPS) is 11.5. The van der Waals surface area contributed by atoms with Gasteiger partial charge in [0.1, 0.15) is 0 Å². The summed E-state index contributed by atoms with van der Waals surface area (Å²) in [6, 6.07) is 7.95. The van der Waals surface area contributed by atoms with E-state index in [1.165, 1.54) is 12.0 Å². The number of hydrogen-bond donors (Lipinski definition) is 0. The first-order valence-electron chi connectivity index (χ1n) is 5.48. The highest BCUT2D eigenvalue weighted by atomic mass is 16.1. The van der Waals surface area contributed by atoms with Crippen LogP contribution in [0.1, 0.15) is 50.0 Å². The van der Waals surface area contributed by atoms with E-state index in [0.717, 1.165) is 12.0 Å². The Labute approximate surface area is 92.5 Å². The van der Waals surface area contributed by atoms with E-state index in [-0.39, 0.29) is 5.78 Å². The van der Waals surface area contributed by atoms with Crippen LogP contribution in [0.4, 0.5) is 0 Å². The van der Waals surface area contributed by atoms with Crippen LogP contribution in [-0.2, 0) is 6.42 Å².